The van der Waals surface area contributed by atoms with Crippen LogP contribution in [0.4, 0.5) is 0 Å². The van der Waals surface area contributed by atoms with Crippen molar-refractivity contribution in [1.82, 2.24) is 10.6 Å². The molecule has 4 nitrogen and oxygen atoms in total. The summed E-state index contributed by atoms with van der Waals surface area (Å²) in [5.74, 6) is 0.0437. The number of nitrogens with one attached hydrogen (secondary N) is 2. The highest BCUT2D eigenvalue weighted by atomic mass is 16.2. The van der Waals surface area contributed by atoms with Gasteiger partial charge >= 0.3 is 0 Å². The predicted molar refractivity (Wildman–Crippen MR) is 57.1 cm³/mol. The quantitative estimate of drug-likeness (QED) is 0.495. The fourth-order valence-electron chi connectivity index (χ4n) is 1.11. The molecule has 0 fully saturated rings. The molecule has 4 heteroatoms. The van der Waals surface area contributed by atoms with Crippen LogP contribution in [-0.4, -0.2) is 36.8 Å². The summed E-state index contributed by atoms with van der Waals surface area (Å²) in [6.07, 6.45) is 2.87. The SMILES string of the molecule is CC(C)NC(=O)CNCCCCCO. The molecule has 0 aromatic rings. The average molecular weight is 202 g/mol. The Labute approximate surface area is 86.1 Å². The number of hydrogen-bond acceptors (Lipinski definition) is 3. The van der Waals surface area contributed by atoms with Gasteiger partial charge in [-0.2, -0.15) is 0 Å². The van der Waals surface area contributed by atoms with Crippen LogP contribution >= 0.6 is 0 Å². The standard InChI is InChI=1S/C10H22N2O2/c1-9(2)12-10(14)8-11-6-4-3-5-7-13/h9,11,13H,3-8H2,1-2H3,(H,12,14). The fourth-order valence-corrected chi connectivity index (χ4v) is 1.11. The van der Waals surface area contributed by atoms with Gasteiger partial charge in [0, 0.05) is 12.6 Å². The van der Waals surface area contributed by atoms with Gasteiger partial charge < -0.3 is 15.7 Å². The molecule has 0 rings (SSSR count). The summed E-state index contributed by atoms with van der Waals surface area (Å²) in [5, 5.41) is 14.4. The molecule has 14 heavy (non-hydrogen) atoms. The first-order valence-corrected chi connectivity index (χ1v) is 5.27. The number of aliphatic hydroxyl groups excluding tert-OH is 1. The van der Waals surface area contributed by atoms with Gasteiger partial charge in [0.2, 0.25) is 5.91 Å². The van der Waals surface area contributed by atoms with Crippen LogP contribution in [-0.2, 0) is 4.79 Å². The van der Waals surface area contributed by atoms with Gasteiger partial charge in [0.15, 0.2) is 0 Å². The van der Waals surface area contributed by atoms with Crippen LogP contribution in [0, 0.1) is 0 Å². The Morgan fingerprint density at radius 1 is 1.29 bits per heavy atom. The van der Waals surface area contributed by atoms with Crippen molar-refractivity contribution < 1.29 is 9.90 Å². The van der Waals surface area contributed by atoms with Crippen LogP contribution in [0.15, 0.2) is 0 Å². The third-order valence-electron chi connectivity index (χ3n) is 1.75. The number of hydrogen-bond donors (Lipinski definition) is 3. The Morgan fingerprint density at radius 3 is 2.57 bits per heavy atom. The van der Waals surface area contributed by atoms with Crippen molar-refractivity contribution in [2.75, 3.05) is 19.7 Å². The molecular weight excluding hydrogens is 180 g/mol. The second-order valence-corrected chi connectivity index (χ2v) is 3.68. The number of carbonyl (C=O) groups is 1. The molecule has 0 saturated heterocycles. The molecule has 0 unspecified atom stereocenters. The Balaban J connectivity index is 3.15. The summed E-state index contributed by atoms with van der Waals surface area (Å²) in [5.41, 5.74) is 0. The highest BCUT2D eigenvalue weighted by Gasteiger charge is 2.00. The van der Waals surface area contributed by atoms with Gasteiger partial charge in [0.05, 0.1) is 6.54 Å². The summed E-state index contributed by atoms with van der Waals surface area (Å²) in [6, 6.07) is 0.207. The van der Waals surface area contributed by atoms with Crippen LogP contribution in [0.25, 0.3) is 0 Å². The van der Waals surface area contributed by atoms with E-state index in [1.165, 1.54) is 0 Å². The number of amides is 1. The summed E-state index contributed by atoms with van der Waals surface area (Å²) in [4.78, 5) is 11.1. The van der Waals surface area contributed by atoms with E-state index in [1.54, 1.807) is 0 Å². The summed E-state index contributed by atoms with van der Waals surface area (Å²) in [7, 11) is 0. The van der Waals surface area contributed by atoms with Gasteiger partial charge in [-0.3, -0.25) is 4.79 Å². The van der Waals surface area contributed by atoms with Crippen LogP contribution < -0.4 is 10.6 Å². The zero-order valence-electron chi connectivity index (χ0n) is 9.18. The second-order valence-electron chi connectivity index (χ2n) is 3.68. The predicted octanol–water partition coefficient (Wildman–Crippen LogP) is 0.263. The Kier molecular flexibility index (Phi) is 8.57. The van der Waals surface area contributed by atoms with Crippen LogP contribution in [0.5, 0.6) is 0 Å². The second kappa shape index (κ2) is 8.97. The van der Waals surface area contributed by atoms with E-state index in [9.17, 15) is 4.79 Å². The molecule has 0 aromatic carbocycles. The van der Waals surface area contributed by atoms with Crippen molar-refractivity contribution in [2.45, 2.75) is 39.2 Å². The Hall–Kier alpha value is -0.610. The molecule has 0 saturated carbocycles. The first-order valence-electron chi connectivity index (χ1n) is 5.27. The maximum Gasteiger partial charge on any atom is 0.234 e. The van der Waals surface area contributed by atoms with E-state index in [0.717, 1.165) is 25.8 Å². The molecule has 3 N–H and O–H groups in total. The molecule has 0 heterocycles. The fraction of sp³-hybridized carbons (Fsp3) is 0.900. The van der Waals surface area contributed by atoms with E-state index in [2.05, 4.69) is 10.6 Å². The van der Waals surface area contributed by atoms with E-state index in [0.29, 0.717) is 6.54 Å². The highest BCUT2D eigenvalue weighted by Crippen LogP contribution is 1.91. The van der Waals surface area contributed by atoms with Crippen LogP contribution in [0.1, 0.15) is 33.1 Å². The molecule has 0 radical (unpaired) electrons. The smallest absolute Gasteiger partial charge is 0.234 e. The van der Waals surface area contributed by atoms with Crippen LogP contribution in [0.2, 0.25) is 0 Å². The van der Waals surface area contributed by atoms with Crippen LogP contribution in [0.3, 0.4) is 0 Å². The number of unbranched alkanes of at least 4 members (excludes halogenated alkanes) is 2. The van der Waals surface area contributed by atoms with Crippen molar-refractivity contribution in [3.05, 3.63) is 0 Å². The lowest BCUT2D eigenvalue weighted by Crippen LogP contribution is -2.37. The zero-order chi connectivity index (χ0) is 10.8. The largest absolute Gasteiger partial charge is 0.396 e. The van der Waals surface area contributed by atoms with E-state index >= 15 is 0 Å². The third-order valence-corrected chi connectivity index (χ3v) is 1.75. The van der Waals surface area contributed by atoms with E-state index < -0.39 is 0 Å². The van der Waals surface area contributed by atoms with Gasteiger partial charge in [-0.15, -0.1) is 0 Å². The maximum atomic E-state index is 11.1. The van der Waals surface area contributed by atoms with Crippen molar-refractivity contribution in [2.24, 2.45) is 0 Å². The lowest BCUT2D eigenvalue weighted by atomic mass is 10.2. The minimum atomic E-state index is 0.0437. The van der Waals surface area contributed by atoms with Crippen molar-refractivity contribution in [3.63, 3.8) is 0 Å². The minimum absolute atomic E-state index is 0.0437. The monoisotopic (exact) mass is 202 g/mol. The summed E-state index contributed by atoms with van der Waals surface area (Å²) < 4.78 is 0. The zero-order valence-corrected chi connectivity index (χ0v) is 9.18. The van der Waals surface area contributed by atoms with Crippen molar-refractivity contribution in [1.29, 1.82) is 0 Å². The number of rotatable bonds is 8. The summed E-state index contributed by atoms with van der Waals surface area (Å²) in [6.45, 7) is 5.37. The lowest BCUT2D eigenvalue weighted by Gasteiger charge is -2.08. The topological polar surface area (TPSA) is 61.4 Å². The molecule has 0 aromatic heterocycles. The first-order chi connectivity index (χ1) is 6.66. The van der Waals surface area contributed by atoms with Crippen molar-refractivity contribution in [3.8, 4) is 0 Å². The lowest BCUT2D eigenvalue weighted by molar-refractivity contribution is -0.120. The maximum absolute atomic E-state index is 11.1. The molecule has 0 aliphatic heterocycles. The Morgan fingerprint density at radius 2 is 2.00 bits per heavy atom. The van der Waals surface area contributed by atoms with E-state index in [-0.39, 0.29) is 18.6 Å². The molecule has 0 aliphatic rings. The van der Waals surface area contributed by atoms with Gasteiger partial charge in [-0.1, -0.05) is 0 Å². The van der Waals surface area contributed by atoms with Gasteiger partial charge in [0.25, 0.3) is 0 Å². The average Bonchev–Trinajstić information content (AvgIpc) is 2.10. The van der Waals surface area contributed by atoms with E-state index in [4.69, 9.17) is 5.11 Å². The van der Waals surface area contributed by atoms with Gasteiger partial charge in [-0.05, 0) is 39.7 Å². The molecule has 84 valence electrons. The third kappa shape index (κ3) is 9.48. The van der Waals surface area contributed by atoms with E-state index in [1.807, 2.05) is 13.8 Å². The van der Waals surface area contributed by atoms with Gasteiger partial charge in [-0.25, -0.2) is 0 Å². The normalized spacial score (nSPS) is 10.6. The summed E-state index contributed by atoms with van der Waals surface area (Å²) >= 11 is 0. The molecule has 0 bridgehead atoms. The van der Waals surface area contributed by atoms with Gasteiger partial charge in [0.1, 0.15) is 0 Å². The Bertz CT molecular complexity index is 149. The molecular formula is C10H22N2O2. The molecule has 0 atom stereocenters. The van der Waals surface area contributed by atoms with Crippen molar-refractivity contribution >= 4 is 5.91 Å². The molecule has 0 aliphatic carbocycles. The molecule has 0 spiro atoms. The number of carbonyl (C=O) groups excluding carboxylic acids is 1. The minimum Gasteiger partial charge on any atom is -0.396 e. The highest BCUT2D eigenvalue weighted by molar-refractivity contribution is 5.78. The number of aliphatic hydroxyl groups is 1. The first kappa shape index (κ1) is 13.4. The molecule has 1 amide bonds.